The summed E-state index contributed by atoms with van der Waals surface area (Å²) >= 11 is 0. The molecule has 2 aliphatic carbocycles. The van der Waals surface area contributed by atoms with Crippen LogP contribution in [0.3, 0.4) is 0 Å². The zero-order valence-corrected chi connectivity index (χ0v) is 17.2. The van der Waals surface area contributed by atoms with Crippen LogP contribution in [0.4, 0.5) is 30.4 Å². The molecule has 0 spiro atoms. The predicted octanol–water partition coefficient (Wildman–Crippen LogP) is 7.39. The lowest BCUT2D eigenvalue weighted by Gasteiger charge is -2.32. The Labute approximate surface area is 168 Å². The molecule has 0 saturated heterocycles. The first-order chi connectivity index (χ1) is 13.5. The Hall–Kier alpha value is -0.975. The molecule has 29 heavy (non-hydrogen) atoms. The molecule has 0 heterocycles. The second-order valence-corrected chi connectivity index (χ2v) is 10.8. The van der Waals surface area contributed by atoms with E-state index < -0.39 is 21.5 Å². The van der Waals surface area contributed by atoms with Crippen LogP contribution in [0.25, 0.3) is 0 Å². The van der Waals surface area contributed by atoms with E-state index in [1.807, 2.05) is 0 Å². The number of benzene rings is 1. The van der Waals surface area contributed by atoms with E-state index in [1.54, 1.807) is 12.1 Å². The van der Waals surface area contributed by atoms with Crippen molar-refractivity contribution in [2.75, 3.05) is 0 Å². The van der Waals surface area contributed by atoms with Crippen molar-refractivity contribution in [3.05, 3.63) is 24.3 Å². The minimum absolute atomic E-state index is 0.0471. The second kappa shape index (κ2) is 10.9. The van der Waals surface area contributed by atoms with E-state index >= 15 is 0 Å². The number of hydrogen-bond acceptors (Lipinski definition) is 1. The molecule has 0 aliphatic heterocycles. The van der Waals surface area contributed by atoms with Gasteiger partial charge in [-0.25, -0.2) is 0 Å². The number of alkyl halides is 3. The van der Waals surface area contributed by atoms with Gasteiger partial charge < -0.3 is 22.0 Å². The fourth-order valence-electron chi connectivity index (χ4n) is 4.50. The van der Waals surface area contributed by atoms with Crippen molar-refractivity contribution in [1.29, 1.82) is 0 Å². The van der Waals surface area contributed by atoms with Gasteiger partial charge in [0.15, 0.2) is 0 Å². The monoisotopic (exact) mass is 446 g/mol. The van der Waals surface area contributed by atoms with Crippen LogP contribution in [0.15, 0.2) is 24.3 Å². The maximum absolute atomic E-state index is 12.6. The Bertz CT molecular complexity index is 587. The highest BCUT2D eigenvalue weighted by Gasteiger charge is 2.39. The van der Waals surface area contributed by atoms with Crippen LogP contribution in [0.5, 0.6) is 5.75 Å². The highest BCUT2D eigenvalue weighted by molar-refractivity contribution is 7.67. The topological polar surface area (TPSA) is 9.23 Å². The molecule has 166 valence electrons. The first-order valence-electron chi connectivity index (χ1n) is 10.1. The summed E-state index contributed by atoms with van der Waals surface area (Å²) in [6.45, 7) is 0. The summed E-state index contributed by atoms with van der Waals surface area (Å²) in [5, 5.41) is 1.15. The van der Waals surface area contributed by atoms with Crippen molar-refractivity contribution >= 4 is 20.5 Å². The van der Waals surface area contributed by atoms with E-state index in [4.69, 9.17) is 0 Å². The molecule has 0 bridgehead atoms. The maximum atomic E-state index is 12.6. The van der Waals surface area contributed by atoms with E-state index in [2.05, 4.69) is 10.8 Å². The van der Waals surface area contributed by atoms with Crippen molar-refractivity contribution in [1.82, 2.24) is 0 Å². The van der Waals surface area contributed by atoms with Crippen molar-refractivity contribution in [2.45, 2.75) is 81.9 Å². The first-order valence-corrected chi connectivity index (χ1v) is 11.8. The van der Waals surface area contributed by atoms with Gasteiger partial charge in [0.1, 0.15) is 5.75 Å². The molecule has 1 aromatic carbocycles. The molecule has 0 aromatic heterocycles. The van der Waals surface area contributed by atoms with Gasteiger partial charge in [0, 0.05) is 14.0 Å². The minimum Gasteiger partial charge on any atom is -0.418 e. The molecule has 0 unspecified atom stereocenters. The molecule has 0 N–H and O–H groups in total. The number of hydrogen-bond donors (Lipinski definition) is 0. The van der Waals surface area contributed by atoms with Crippen LogP contribution in [0.2, 0.25) is 0 Å². The zero-order valence-electron chi connectivity index (χ0n) is 16.2. The highest BCUT2D eigenvalue weighted by atomic mass is 31.1. The van der Waals surface area contributed by atoms with E-state index in [0.717, 1.165) is 5.30 Å². The smallest absolute Gasteiger partial charge is 0.418 e. The van der Waals surface area contributed by atoms with Crippen molar-refractivity contribution < 1.29 is 35.2 Å². The van der Waals surface area contributed by atoms with E-state index in [9.17, 15) is 30.4 Å². The lowest BCUT2D eigenvalue weighted by Crippen LogP contribution is -2.26. The molecular weight excluding hydrogens is 419 g/mol. The molecule has 10 heteroatoms. The summed E-state index contributed by atoms with van der Waals surface area (Å²) < 4.78 is 80.9. The van der Waals surface area contributed by atoms with Gasteiger partial charge in [-0.2, -0.15) is 0 Å². The second-order valence-electron chi connectivity index (χ2n) is 7.70. The third kappa shape index (κ3) is 9.58. The molecule has 1 nitrogen and oxygen atoms in total. The van der Waals surface area contributed by atoms with Crippen LogP contribution < -0.4 is 10.0 Å². The number of rotatable bonds is 4. The van der Waals surface area contributed by atoms with Gasteiger partial charge in [-0.3, -0.25) is 0 Å². The molecule has 2 aliphatic rings. The average Bonchev–Trinajstić information content (AvgIpc) is 2.61. The first kappa shape index (κ1) is 24.3. The summed E-state index contributed by atoms with van der Waals surface area (Å²) in [4.78, 5) is 0. The molecule has 0 atom stereocenters. The van der Waals surface area contributed by atoms with Crippen molar-refractivity contribution in [2.24, 2.45) is 0 Å². The third-order valence-electron chi connectivity index (χ3n) is 5.49. The molecule has 1 aromatic rings. The van der Waals surface area contributed by atoms with Crippen LogP contribution in [0, 0.1) is 0 Å². The molecular formula is C19H27BF7OP. The Morgan fingerprint density at radius 3 is 1.66 bits per heavy atom. The maximum Gasteiger partial charge on any atom is 0.673 e. The van der Waals surface area contributed by atoms with Crippen molar-refractivity contribution in [3.8, 4) is 5.75 Å². The Morgan fingerprint density at radius 2 is 1.24 bits per heavy atom. The molecule has 3 rings (SSSR count). The van der Waals surface area contributed by atoms with Gasteiger partial charge in [-0.15, -0.1) is 13.2 Å². The fourth-order valence-corrected chi connectivity index (χ4v) is 8.77. The van der Waals surface area contributed by atoms with Gasteiger partial charge in [0.2, 0.25) is 0 Å². The lowest BCUT2D eigenvalue weighted by molar-refractivity contribution is -0.274. The third-order valence-corrected chi connectivity index (χ3v) is 9.38. The predicted molar refractivity (Wildman–Crippen MR) is 105 cm³/mol. The quantitative estimate of drug-likeness (QED) is 0.266. The highest BCUT2D eigenvalue weighted by Crippen LogP contribution is 2.55. The van der Waals surface area contributed by atoms with Gasteiger partial charge in [0.05, 0.1) is 16.6 Å². The largest absolute Gasteiger partial charge is 0.673 e. The van der Waals surface area contributed by atoms with Gasteiger partial charge in [0.25, 0.3) is 0 Å². The molecule has 0 radical (unpaired) electrons. The van der Waals surface area contributed by atoms with Crippen LogP contribution in [-0.4, -0.2) is 24.9 Å². The summed E-state index contributed by atoms with van der Waals surface area (Å²) in [5.41, 5.74) is 1.43. The van der Waals surface area contributed by atoms with Crippen LogP contribution in [-0.2, 0) is 0 Å². The lowest BCUT2D eigenvalue weighted by atomic mass is 9.99. The average molecular weight is 446 g/mol. The van der Waals surface area contributed by atoms with E-state index in [-0.39, 0.29) is 5.75 Å². The molecule has 2 fully saturated rings. The standard InChI is InChI=1S/C19H26F3OP.BF4/c20-19(21,22)23-15-8-7-13-18(14-15)24(16-9-3-1-4-10-16)17-11-5-2-6-12-17;2-1(3,4)5/h7-8,13-14,16-17H,1-6,9-12H2;/q;-1/p+1. The van der Waals surface area contributed by atoms with Gasteiger partial charge in [-0.1, -0.05) is 18.9 Å². The zero-order chi connectivity index (χ0) is 21.5. The van der Waals surface area contributed by atoms with E-state index in [0.29, 0.717) is 11.3 Å². The van der Waals surface area contributed by atoms with Gasteiger partial charge in [-0.05, 0) is 63.5 Å². The SMILES string of the molecule is FC(F)(F)Oc1cccc([PH+](C2CCCCC2)C2CCCCC2)c1.F[B-](F)(F)F. The summed E-state index contributed by atoms with van der Waals surface area (Å²) in [7, 11) is -6.85. The van der Waals surface area contributed by atoms with E-state index in [1.165, 1.54) is 70.3 Å². The Morgan fingerprint density at radius 1 is 0.793 bits per heavy atom. The minimum atomic E-state index is -6.00. The number of halogens is 7. The summed E-state index contributed by atoms with van der Waals surface area (Å²) in [5.74, 6) is -0.0471. The van der Waals surface area contributed by atoms with Crippen LogP contribution in [0.1, 0.15) is 64.2 Å². The molecule has 2 saturated carbocycles. The molecule has 0 amide bonds. The summed E-state index contributed by atoms with van der Waals surface area (Å²) in [6, 6.07) is 6.91. The Balaban J connectivity index is 0.000000537. The normalized spacial score (nSPS) is 19.6. The fraction of sp³-hybridized carbons (Fsp3) is 0.684. The Kier molecular flexibility index (Phi) is 9.11. The van der Waals surface area contributed by atoms with Crippen molar-refractivity contribution in [3.63, 3.8) is 0 Å². The van der Waals surface area contributed by atoms with Gasteiger partial charge >= 0.3 is 13.6 Å². The number of ether oxygens (including phenoxy) is 1. The van der Waals surface area contributed by atoms with Crippen LogP contribution >= 0.6 is 7.92 Å². The summed E-state index contributed by atoms with van der Waals surface area (Å²) in [6.07, 6.45) is 8.18.